The molecule has 1 heterocycles. The Morgan fingerprint density at radius 3 is 2.55 bits per heavy atom. The number of morpholine rings is 1. The van der Waals surface area contributed by atoms with Crippen molar-refractivity contribution >= 4 is 49.7 Å². The predicted molar refractivity (Wildman–Crippen MR) is 116 cm³/mol. The average molecular weight is 456 g/mol. The summed E-state index contributed by atoms with van der Waals surface area (Å²) in [5.41, 5.74) is 1.68. The number of benzene rings is 3. The molecule has 148 valence electrons. The Morgan fingerprint density at radius 1 is 1.07 bits per heavy atom. The summed E-state index contributed by atoms with van der Waals surface area (Å²) in [6.45, 7) is 2.28. The third-order valence-electron chi connectivity index (χ3n) is 4.91. The van der Waals surface area contributed by atoms with Crippen LogP contribution >= 0.6 is 15.9 Å². The second-order valence-corrected chi connectivity index (χ2v) is 7.51. The van der Waals surface area contributed by atoms with Crippen molar-refractivity contribution in [2.75, 3.05) is 36.5 Å². The highest BCUT2D eigenvalue weighted by molar-refractivity contribution is 9.10. The number of anilines is 2. The van der Waals surface area contributed by atoms with E-state index in [0.29, 0.717) is 43.2 Å². The van der Waals surface area contributed by atoms with Gasteiger partial charge in [0.1, 0.15) is 0 Å². The lowest BCUT2D eigenvalue weighted by Gasteiger charge is -2.30. The molecule has 4 rings (SSSR count). The quantitative estimate of drug-likeness (QED) is 0.458. The minimum absolute atomic E-state index is 0.0152. The number of halogens is 1. The van der Waals surface area contributed by atoms with Gasteiger partial charge >= 0.3 is 0 Å². The largest absolute Gasteiger partial charge is 0.378 e. The summed E-state index contributed by atoms with van der Waals surface area (Å²) in [7, 11) is 0. The van der Waals surface area contributed by atoms with Gasteiger partial charge in [-0.3, -0.25) is 14.9 Å². The predicted octanol–water partition coefficient (Wildman–Crippen LogP) is 4.60. The maximum Gasteiger partial charge on any atom is 0.271 e. The second kappa shape index (κ2) is 8.18. The molecule has 0 bridgehead atoms. The lowest BCUT2D eigenvalue weighted by Crippen LogP contribution is -2.36. The molecule has 1 fully saturated rings. The normalized spacial score (nSPS) is 14.0. The maximum atomic E-state index is 13.1. The van der Waals surface area contributed by atoms with Crippen LogP contribution < -0.4 is 10.2 Å². The van der Waals surface area contributed by atoms with Crippen LogP contribution in [0.3, 0.4) is 0 Å². The SMILES string of the molecule is O=C(Nc1ccc([N+](=O)[O-])cc1N1CCOCC1)c1cccc2c(Br)cccc12. The Bertz CT molecular complexity index is 1100. The summed E-state index contributed by atoms with van der Waals surface area (Å²) in [6.07, 6.45) is 0. The molecule has 1 aliphatic heterocycles. The number of amides is 1. The zero-order valence-corrected chi connectivity index (χ0v) is 17.0. The van der Waals surface area contributed by atoms with Gasteiger partial charge in [-0.15, -0.1) is 0 Å². The standard InChI is InChI=1S/C21H18BrN3O4/c22-18-6-2-3-15-16(18)4-1-5-17(15)21(26)23-19-8-7-14(25(27)28)13-20(19)24-9-11-29-12-10-24/h1-8,13H,9-12H2,(H,23,26). The van der Waals surface area contributed by atoms with Gasteiger partial charge in [-0.1, -0.05) is 40.2 Å². The van der Waals surface area contributed by atoms with Crippen molar-refractivity contribution in [1.82, 2.24) is 0 Å². The number of carbonyl (C=O) groups excluding carboxylic acids is 1. The van der Waals surface area contributed by atoms with Crippen molar-refractivity contribution in [3.63, 3.8) is 0 Å². The molecule has 1 amide bonds. The van der Waals surface area contributed by atoms with E-state index < -0.39 is 4.92 Å². The van der Waals surface area contributed by atoms with Crippen LogP contribution in [0.2, 0.25) is 0 Å². The number of ether oxygens (including phenoxy) is 1. The molecule has 0 spiro atoms. The Hall–Kier alpha value is -2.97. The fraction of sp³-hybridized carbons (Fsp3) is 0.190. The Labute approximate surface area is 175 Å². The Kier molecular flexibility index (Phi) is 5.46. The second-order valence-electron chi connectivity index (χ2n) is 6.65. The lowest BCUT2D eigenvalue weighted by molar-refractivity contribution is -0.384. The number of nitrogens with zero attached hydrogens (tertiary/aromatic N) is 2. The maximum absolute atomic E-state index is 13.1. The first-order valence-corrected chi connectivity index (χ1v) is 9.93. The van der Waals surface area contributed by atoms with Gasteiger partial charge in [0.25, 0.3) is 11.6 Å². The van der Waals surface area contributed by atoms with Crippen LogP contribution in [-0.2, 0) is 4.74 Å². The van der Waals surface area contributed by atoms with Gasteiger partial charge in [0.15, 0.2) is 0 Å². The highest BCUT2D eigenvalue weighted by atomic mass is 79.9. The third kappa shape index (κ3) is 3.94. The number of nitro benzene ring substituents is 1. The molecule has 0 atom stereocenters. The third-order valence-corrected chi connectivity index (χ3v) is 5.60. The van der Waals surface area contributed by atoms with Crippen LogP contribution in [-0.4, -0.2) is 37.1 Å². The molecule has 0 radical (unpaired) electrons. The molecule has 0 aliphatic carbocycles. The first kappa shape index (κ1) is 19.4. The van der Waals surface area contributed by atoms with Crippen LogP contribution in [0.15, 0.2) is 59.1 Å². The fourth-order valence-corrected chi connectivity index (χ4v) is 3.96. The summed E-state index contributed by atoms with van der Waals surface area (Å²) >= 11 is 3.52. The van der Waals surface area contributed by atoms with Gasteiger partial charge in [-0.25, -0.2) is 0 Å². The summed E-state index contributed by atoms with van der Waals surface area (Å²) in [6, 6.07) is 15.7. The molecule has 1 N–H and O–H groups in total. The van der Waals surface area contributed by atoms with Crippen molar-refractivity contribution < 1.29 is 14.5 Å². The topological polar surface area (TPSA) is 84.7 Å². The first-order valence-electron chi connectivity index (χ1n) is 9.14. The molecule has 0 aromatic heterocycles. The molecular formula is C21H18BrN3O4. The van der Waals surface area contributed by atoms with Gasteiger partial charge in [0.05, 0.1) is 29.5 Å². The summed E-state index contributed by atoms with van der Waals surface area (Å²) in [5, 5.41) is 16.0. The monoisotopic (exact) mass is 455 g/mol. The molecule has 3 aromatic carbocycles. The van der Waals surface area contributed by atoms with Crippen LogP contribution in [0.4, 0.5) is 17.1 Å². The van der Waals surface area contributed by atoms with Crippen molar-refractivity contribution in [2.45, 2.75) is 0 Å². The summed E-state index contributed by atoms with van der Waals surface area (Å²) in [4.78, 5) is 25.9. The number of rotatable bonds is 4. The van der Waals surface area contributed by atoms with Gasteiger partial charge in [0, 0.05) is 35.3 Å². The lowest BCUT2D eigenvalue weighted by atomic mass is 10.0. The van der Waals surface area contributed by atoms with Crippen LogP contribution in [0, 0.1) is 10.1 Å². The molecule has 7 nitrogen and oxygen atoms in total. The van der Waals surface area contributed by atoms with E-state index in [2.05, 4.69) is 21.2 Å². The summed E-state index contributed by atoms with van der Waals surface area (Å²) in [5.74, 6) is -0.267. The molecule has 29 heavy (non-hydrogen) atoms. The molecule has 3 aromatic rings. The fourth-order valence-electron chi connectivity index (χ4n) is 3.46. The average Bonchev–Trinajstić information content (AvgIpc) is 2.74. The number of fused-ring (bicyclic) bond motifs is 1. The van der Waals surface area contributed by atoms with Crippen LogP contribution in [0.1, 0.15) is 10.4 Å². The van der Waals surface area contributed by atoms with Crippen molar-refractivity contribution in [2.24, 2.45) is 0 Å². The zero-order chi connectivity index (χ0) is 20.4. The van der Waals surface area contributed by atoms with Gasteiger partial charge in [-0.05, 0) is 29.0 Å². The van der Waals surface area contributed by atoms with Crippen LogP contribution in [0.25, 0.3) is 10.8 Å². The number of hydrogen-bond donors (Lipinski definition) is 1. The summed E-state index contributed by atoms with van der Waals surface area (Å²) < 4.78 is 6.29. The van der Waals surface area contributed by atoms with Crippen molar-refractivity contribution in [3.05, 3.63) is 74.7 Å². The van der Waals surface area contributed by atoms with E-state index in [0.717, 1.165) is 15.2 Å². The smallest absolute Gasteiger partial charge is 0.271 e. The molecular weight excluding hydrogens is 438 g/mol. The van der Waals surface area contributed by atoms with Crippen molar-refractivity contribution in [3.8, 4) is 0 Å². The number of nitro groups is 1. The Balaban J connectivity index is 1.71. The van der Waals surface area contributed by atoms with E-state index in [9.17, 15) is 14.9 Å². The van der Waals surface area contributed by atoms with E-state index >= 15 is 0 Å². The molecule has 1 aliphatic rings. The molecule has 0 unspecified atom stereocenters. The first-order chi connectivity index (χ1) is 14.0. The number of carbonyl (C=O) groups is 1. The minimum atomic E-state index is -0.433. The highest BCUT2D eigenvalue weighted by Gasteiger charge is 2.21. The van der Waals surface area contributed by atoms with Crippen LogP contribution in [0.5, 0.6) is 0 Å². The van der Waals surface area contributed by atoms with Crippen molar-refractivity contribution in [1.29, 1.82) is 0 Å². The molecule has 0 saturated carbocycles. The molecule has 8 heteroatoms. The Morgan fingerprint density at radius 2 is 1.79 bits per heavy atom. The van der Waals surface area contributed by atoms with E-state index in [1.807, 2.05) is 35.2 Å². The van der Waals surface area contributed by atoms with Gasteiger partial charge < -0.3 is 15.0 Å². The van der Waals surface area contributed by atoms with E-state index in [1.54, 1.807) is 12.1 Å². The van der Waals surface area contributed by atoms with Gasteiger partial charge in [0.2, 0.25) is 0 Å². The highest BCUT2D eigenvalue weighted by Crippen LogP contribution is 2.32. The van der Waals surface area contributed by atoms with E-state index in [1.165, 1.54) is 12.1 Å². The molecule has 1 saturated heterocycles. The number of non-ortho nitro benzene ring substituents is 1. The van der Waals surface area contributed by atoms with E-state index in [4.69, 9.17) is 4.74 Å². The zero-order valence-electron chi connectivity index (χ0n) is 15.4. The number of nitrogens with one attached hydrogen (secondary N) is 1. The van der Waals surface area contributed by atoms with Gasteiger partial charge in [-0.2, -0.15) is 0 Å². The number of hydrogen-bond acceptors (Lipinski definition) is 5. The van der Waals surface area contributed by atoms with E-state index in [-0.39, 0.29) is 11.6 Å². The minimum Gasteiger partial charge on any atom is -0.378 e.